The highest BCUT2D eigenvalue weighted by Crippen LogP contribution is 2.27. The standard InChI is InChI=1S/C19H20N2O3S/c1-23-12-13-24-17-9-5-3-7-15(17)18(22)20-19(25)21-11-10-14-6-2-4-8-16(14)21/h2-9H,10-13H2,1H3,(H,20,22,25). The van der Waals surface area contributed by atoms with Crippen molar-refractivity contribution < 1.29 is 14.3 Å². The molecule has 1 aliphatic heterocycles. The van der Waals surface area contributed by atoms with Crippen molar-refractivity contribution in [1.29, 1.82) is 0 Å². The third-order valence-corrected chi connectivity index (χ3v) is 4.35. The molecule has 0 spiro atoms. The minimum absolute atomic E-state index is 0.276. The van der Waals surface area contributed by atoms with Gasteiger partial charge >= 0.3 is 0 Å². The summed E-state index contributed by atoms with van der Waals surface area (Å²) >= 11 is 5.45. The zero-order valence-electron chi connectivity index (χ0n) is 14.0. The molecule has 0 atom stereocenters. The summed E-state index contributed by atoms with van der Waals surface area (Å²) in [6.07, 6.45) is 0.920. The first-order valence-electron chi connectivity index (χ1n) is 8.12. The van der Waals surface area contributed by atoms with E-state index in [1.54, 1.807) is 25.3 Å². The third kappa shape index (κ3) is 3.97. The lowest BCUT2D eigenvalue weighted by Gasteiger charge is -2.21. The lowest BCUT2D eigenvalue weighted by Crippen LogP contribution is -2.42. The molecule has 5 nitrogen and oxygen atoms in total. The zero-order valence-corrected chi connectivity index (χ0v) is 14.8. The Morgan fingerprint density at radius 3 is 2.76 bits per heavy atom. The summed E-state index contributed by atoms with van der Waals surface area (Å²) in [5.74, 6) is 0.240. The second kappa shape index (κ2) is 8.09. The quantitative estimate of drug-likeness (QED) is 0.659. The average Bonchev–Trinajstić information content (AvgIpc) is 3.06. The highest BCUT2D eigenvalue weighted by Gasteiger charge is 2.23. The predicted molar refractivity (Wildman–Crippen MR) is 101 cm³/mol. The molecule has 3 rings (SSSR count). The van der Waals surface area contributed by atoms with Gasteiger partial charge in [-0.25, -0.2) is 0 Å². The molecule has 0 aliphatic carbocycles. The highest BCUT2D eigenvalue weighted by molar-refractivity contribution is 7.80. The predicted octanol–water partition coefficient (Wildman–Crippen LogP) is 2.79. The van der Waals surface area contributed by atoms with Gasteiger partial charge in [0.25, 0.3) is 5.91 Å². The molecule has 0 saturated heterocycles. The maximum atomic E-state index is 12.6. The first kappa shape index (κ1) is 17.4. The molecule has 2 aromatic rings. The number of ether oxygens (including phenoxy) is 2. The van der Waals surface area contributed by atoms with Crippen LogP contribution in [0.3, 0.4) is 0 Å². The maximum absolute atomic E-state index is 12.6. The Bertz CT molecular complexity index is 779. The molecule has 0 saturated carbocycles. The van der Waals surface area contributed by atoms with Crippen LogP contribution < -0.4 is 15.0 Å². The molecule has 1 heterocycles. The van der Waals surface area contributed by atoms with Crippen LogP contribution in [0.5, 0.6) is 5.75 Å². The summed E-state index contributed by atoms with van der Waals surface area (Å²) in [4.78, 5) is 14.6. The lowest BCUT2D eigenvalue weighted by molar-refractivity contribution is 0.0969. The molecule has 1 amide bonds. The average molecular weight is 356 g/mol. The van der Waals surface area contributed by atoms with Gasteiger partial charge in [-0.3, -0.25) is 10.1 Å². The van der Waals surface area contributed by atoms with Crippen LogP contribution in [0.2, 0.25) is 0 Å². The van der Waals surface area contributed by atoms with Crippen molar-refractivity contribution in [3.05, 3.63) is 59.7 Å². The number of carbonyl (C=O) groups excluding carboxylic acids is 1. The second-order valence-corrected chi connectivity index (χ2v) is 6.01. The number of nitrogens with zero attached hydrogens (tertiary/aromatic N) is 1. The van der Waals surface area contributed by atoms with Gasteiger partial charge in [-0.1, -0.05) is 30.3 Å². The second-order valence-electron chi connectivity index (χ2n) is 5.63. The molecular formula is C19H20N2O3S. The van der Waals surface area contributed by atoms with Crippen molar-refractivity contribution in [2.75, 3.05) is 31.8 Å². The molecule has 25 heavy (non-hydrogen) atoms. The van der Waals surface area contributed by atoms with Crippen molar-refractivity contribution in [2.24, 2.45) is 0 Å². The number of nitrogens with one attached hydrogen (secondary N) is 1. The van der Waals surface area contributed by atoms with Gasteiger partial charge in [-0.05, 0) is 42.4 Å². The number of hydrogen-bond acceptors (Lipinski definition) is 4. The van der Waals surface area contributed by atoms with E-state index >= 15 is 0 Å². The van der Waals surface area contributed by atoms with E-state index < -0.39 is 0 Å². The molecule has 1 N–H and O–H groups in total. The summed E-state index contributed by atoms with van der Waals surface area (Å²) in [6.45, 7) is 1.61. The van der Waals surface area contributed by atoms with Crippen LogP contribution in [0.4, 0.5) is 5.69 Å². The normalized spacial score (nSPS) is 12.6. The summed E-state index contributed by atoms with van der Waals surface area (Å²) in [5, 5.41) is 3.22. The smallest absolute Gasteiger partial charge is 0.261 e. The number of thiocarbonyl (C=S) groups is 1. The van der Waals surface area contributed by atoms with Crippen molar-refractivity contribution in [2.45, 2.75) is 6.42 Å². The molecule has 6 heteroatoms. The SMILES string of the molecule is COCCOc1ccccc1C(=O)NC(=S)N1CCc2ccccc21. The Balaban J connectivity index is 1.70. The van der Waals surface area contributed by atoms with Crippen LogP contribution in [0.25, 0.3) is 0 Å². The monoisotopic (exact) mass is 356 g/mol. The van der Waals surface area contributed by atoms with E-state index in [1.807, 2.05) is 29.2 Å². The Morgan fingerprint density at radius 2 is 1.92 bits per heavy atom. The molecule has 1 aliphatic rings. The van der Waals surface area contributed by atoms with Crippen LogP contribution in [0.15, 0.2) is 48.5 Å². The summed E-state index contributed by atoms with van der Waals surface area (Å²) in [5.41, 5.74) is 2.74. The fourth-order valence-electron chi connectivity index (χ4n) is 2.80. The summed E-state index contributed by atoms with van der Waals surface area (Å²) in [7, 11) is 1.61. The molecule has 0 bridgehead atoms. The Labute approximate surface area is 152 Å². The van der Waals surface area contributed by atoms with E-state index in [1.165, 1.54) is 5.56 Å². The van der Waals surface area contributed by atoms with Crippen molar-refractivity contribution >= 4 is 28.9 Å². The first-order valence-corrected chi connectivity index (χ1v) is 8.53. The Hall–Kier alpha value is -2.44. The number of fused-ring (bicyclic) bond motifs is 1. The molecule has 2 aromatic carbocycles. The van der Waals surface area contributed by atoms with Crippen molar-refractivity contribution in [3.8, 4) is 5.75 Å². The fraction of sp³-hybridized carbons (Fsp3) is 0.263. The van der Waals surface area contributed by atoms with E-state index in [9.17, 15) is 4.79 Å². The van der Waals surface area contributed by atoms with Crippen LogP contribution in [0.1, 0.15) is 15.9 Å². The lowest BCUT2D eigenvalue weighted by atomic mass is 10.2. The van der Waals surface area contributed by atoms with Gasteiger partial charge in [0.1, 0.15) is 12.4 Å². The van der Waals surface area contributed by atoms with Gasteiger partial charge in [0.15, 0.2) is 5.11 Å². The minimum Gasteiger partial charge on any atom is -0.490 e. The van der Waals surface area contributed by atoms with E-state index in [0.717, 1.165) is 18.7 Å². The van der Waals surface area contributed by atoms with Gasteiger partial charge < -0.3 is 14.4 Å². The molecule has 0 unspecified atom stereocenters. The topological polar surface area (TPSA) is 50.8 Å². The van der Waals surface area contributed by atoms with Gasteiger partial charge in [0.2, 0.25) is 0 Å². The van der Waals surface area contributed by atoms with Gasteiger partial charge in [-0.2, -0.15) is 0 Å². The summed E-state index contributed by atoms with van der Waals surface area (Å²) in [6, 6.07) is 15.2. The van der Waals surface area contributed by atoms with Crippen LogP contribution in [-0.2, 0) is 11.2 Å². The van der Waals surface area contributed by atoms with Crippen LogP contribution >= 0.6 is 12.2 Å². The number of para-hydroxylation sites is 2. The first-order chi connectivity index (χ1) is 12.2. The van der Waals surface area contributed by atoms with E-state index in [4.69, 9.17) is 21.7 Å². The Kier molecular flexibility index (Phi) is 5.63. The Morgan fingerprint density at radius 1 is 1.16 bits per heavy atom. The van der Waals surface area contributed by atoms with Gasteiger partial charge in [0.05, 0.1) is 12.2 Å². The number of anilines is 1. The molecular weight excluding hydrogens is 336 g/mol. The van der Waals surface area contributed by atoms with Crippen molar-refractivity contribution in [3.63, 3.8) is 0 Å². The molecule has 130 valence electrons. The van der Waals surface area contributed by atoms with Crippen molar-refractivity contribution in [1.82, 2.24) is 5.32 Å². The summed E-state index contributed by atoms with van der Waals surface area (Å²) < 4.78 is 10.6. The zero-order chi connectivity index (χ0) is 17.6. The third-order valence-electron chi connectivity index (χ3n) is 4.03. The number of hydrogen-bond donors (Lipinski definition) is 1. The van der Waals surface area contributed by atoms with Crippen LogP contribution in [0, 0.1) is 0 Å². The highest BCUT2D eigenvalue weighted by atomic mass is 32.1. The number of benzene rings is 2. The van der Waals surface area contributed by atoms with Gasteiger partial charge in [-0.15, -0.1) is 0 Å². The maximum Gasteiger partial charge on any atom is 0.261 e. The molecule has 0 fully saturated rings. The number of methoxy groups -OCH3 is 1. The number of carbonyl (C=O) groups is 1. The number of rotatable bonds is 5. The van der Waals surface area contributed by atoms with E-state index in [-0.39, 0.29) is 5.91 Å². The molecule has 0 radical (unpaired) electrons. The molecule has 0 aromatic heterocycles. The van der Waals surface area contributed by atoms with E-state index in [2.05, 4.69) is 11.4 Å². The van der Waals surface area contributed by atoms with Gasteiger partial charge in [0, 0.05) is 19.3 Å². The minimum atomic E-state index is -0.276. The van der Waals surface area contributed by atoms with E-state index in [0.29, 0.717) is 29.6 Å². The largest absolute Gasteiger partial charge is 0.490 e. The number of amides is 1. The van der Waals surface area contributed by atoms with Crippen LogP contribution in [-0.4, -0.2) is 37.9 Å². The fourth-order valence-corrected chi connectivity index (χ4v) is 3.08.